The van der Waals surface area contributed by atoms with Crippen molar-refractivity contribution in [2.45, 2.75) is 78.6 Å². The zero-order valence-corrected chi connectivity index (χ0v) is 37.4. The molecule has 0 aliphatic carbocycles. The second kappa shape index (κ2) is 22.5. The van der Waals surface area contributed by atoms with Crippen LogP contribution in [-0.4, -0.2) is 104 Å². The molecule has 0 radical (unpaired) electrons. The number of carbonyl (C=O) groups excluding carboxylic acids is 1. The van der Waals surface area contributed by atoms with Gasteiger partial charge in [-0.25, -0.2) is 0 Å². The molecule has 336 valence electrons. The van der Waals surface area contributed by atoms with Crippen molar-refractivity contribution in [3.63, 3.8) is 0 Å². The van der Waals surface area contributed by atoms with Gasteiger partial charge >= 0.3 is 5.97 Å². The van der Waals surface area contributed by atoms with Crippen LogP contribution in [0.15, 0.2) is 130 Å². The van der Waals surface area contributed by atoms with E-state index in [9.17, 15) is 19.2 Å². The second-order valence-corrected chi connectivity index (χ2v) is 17.1. The molecule has 4 heterocycles. The summed E-state index contributed by atoms with van der Waals surface area (Å²) in [5, 5.41) is 0. The standard InChI is InChI=1S/C49H63N7O7/c1-6-44(48(60)63-49(2,3)4)54-32-30-52(34-41-20-13-23-45(57)50(41)5)28-26-51(35-42-21-14-24-46(58)55(42)61-37-39-16-9-7-10-17-39)27-29-53(31-33-54)36-43-22-15-25-47(59)56(43)62-38-40-18-11-8-12-19-40/h7-25,44H,6,26-38H2,1-5H3. The number of carbonyl (C=O) groups is 1. The van der Waals surface area contributed by atoms with E-state index in [-0.39, 0.29) is 35.9 Å². The Morgan fingerprint density at radius 1 is 0.540 bits per heavy atom. The third kappa shape index (κ3) is 13.8. The van der Waals surface area contributed by atoms with Gasteiger partial charge in [-0.15, -0.1) is 9.46 Å². The molecule has 1 aliphatic heterocycles. The molecule has 0 spiro atoms. The molecule has 0 saturated carbocycles. The number of nitrogens with zero attached hydrogens (tertiary/aromatic N) is 7. The van der Waals surface area contributed by atoms with Gasteiger partial charge in [-0.1, -0.05) is 85.8 Å². The van der Waals surface area contributed by atoms with Crippen molar-refractivity contribution >= 4 is 5.97 Å². The van der Waals surface area contributed by atoms with Crippen molar-refractivity contribution in [1.82, 2.24) is 33.6 Å². The lowest BCUT2D eigenvalue weighted by atomic mass is 10.1. The molecule has 2 aromatic carbocycles. The zero-order chi connectivity index (χ0) is 44.8. The van der Waals surface area contributed by atoms with Gasteiger partial charge in [0.25, 0.3) is 11.1 Å². The fourth-order valence-electron chi connectivity index (χ4n) is 7.73. The van der Waals surface area contributed by atoms with Gasteiger partial charge in [0.15, 0.2) is 0 Å². The van der Waals surface area contributed by atoms with Crippen LogP contribution in [0.5, 0.6) is 0 Å². The Labute approximate surface area is 370 Å². The molecule has 0 N–H and O–H groups in total. The fraction of sp³-hybridized carbons (Fsp3) is 0.429. The molecule has 63 heavy (non-hydrogen) atoms. The molecular weight excluding hydrogens is 799 g/mol. The number of ether oxygens (including phenoxy) is 1. The minimum atomic E-state index is -0.649. The maximum atomic E-state index is 13.8. The Morgan fingerprint density at radius 3 is 1.37 bits per heavy atom. The number of benzene rings is 2. The highest BCUT2D eigenvalue weighted by Gasteiger charge is 2.30. The summed E-state index contributed by atoms with van der Waals surface area (Å²) in [5.74, 6) is -0.263. The molecule has 0 bridgehead atoms. The molecule has 0 amide bonds. The second-order valence-electron chi connectivity index (χ2n) is 17.1. The summed E-state index contributed by atoms with van der Waals surface area (Å²) in [6.45, 7) is 14.2. The Morgan fingerprint density at radius 2 is 0.937 bits per heavy atom. The van der Waals surface area contributed by atoms with Gasteiger partial charge in [-0.05, 0) is 56.5 Å². The Hall–Kier alpha value is -5.80. The molecule has 14 heteroatoms. The first-order valence-corrected chi connectivity index (χ1v) is 21.9. The van der Waals surface area contributed by atoms with Crippen molar-refractivity contribution in [3.8, 4) is 0 Å². The predicted molar refractivity (Wildman–Crippen MR) is 244 cm³/mol. The van der Waals surface area contributed by atoms with Crippen molar-refractivity contribution in [2.75, 3.05) is 52.4 Å². The average molecular weight is 862 g/mol. The Bertz CT molecular complexity index is 2390. The van der Waals surface area contributed by atoms with E-state index in [4.69, 9.17) is 14.4 Å². The van der Waals surface area contributed by atoms with Crippen LogP contribution in [0.3, 0.4) is 0 Å². The minimum Gasteiger partial charge on any atom is -0.459 e. The van der Waals surface area contributed by atoms with E-state index in [1.54, 1.807) is 35.9 Å². The normalized spacial score (nSPS) is 15.8. The molecule has 1 atom stereocenters. The first-order valence-electron chi connectivity index (χ1n) is 21.9. The van der Waals surface area contributed by atoms with Gasteiger partial charge in [0.1, 0.15) is 24.9 Å². The molecule has 6 rings (SSSR count). The molecule has 1 unspecified atom stereocenters. The third-order valence-corrected chi connectivity index (χ3v) is 11.2. The summed E-state index contributed by atoms with van der Waals surface area (Å²) in [7, 11) is 1.79. The summed E-state index contributed by atoms with van der Waals surface area (Å²) in [5.41, 5.74) is 2.96. The van der Waals surface area contributed by atoms with Crippen LogP contribution in [0.1, 0.15) is 62.3 Å². The first-order chi connectivity index (χ1) is 30.4. The van der Waals surface area contributed by atoms with E-state index >= 15 is 0 Å². The highest BCUT2D eigenvalue weighted by Crippen LogP contribution is 2.17. The van der Waals surface area contributed by atoms with Crippen LogP contribution in [0.25, 0.3) is 0 Å². The summed E-state index contributed by atoms with van der Waals surface area (Å²) < 4.78 is 10.4. The van der Waals surface area contributed by atoms with Crippen molar-refractivity contribution < 1.29 is 19.2 Å². The Kier molecular flexibility index (Phi) is 16.7. The van der Waals surface area contributed by atoms with Crippen molar-refractivity contribution in [2.24, 2.45) is 7.05 Å². The van der Waals surface area contributed by atoms with Crippen LogP contribution >= 0.6 is 0 Å². The van der Waals surface area contributed by atoms with E-state index in [2.05, 4.69) is 19.6 Å². The maximum absolute atomic E-state index is 13.8. The van der Waals surface area contributed by atoms with E-state index < -0.39 is 11.6 Å². The number of aromatic nitrogens is 3. The van der Waals surface area contributed by atoms with E-state index in [1.165, 1.54) is 21.6 Å². The lowest BCUT2D eigenvalue weighted by Gasteiger charge is -2.37. The summed E-state index contributed by atoms with van der Waals surface area (Å²) in [6.07, 6.45) is 0.562. The largest absolute Gasteiger partial charge is 0.459 e. The van der Waals surface area contributed by atoms with Gasteiger partial charge in [0.05, 0.1) is 11.4 Å². The SMILES string of the molecule is CCC(C(=O)OC(C)(C)C)N1CCN(Cc2cccc(=O)n2C)CCN(Cc2cccc(=O)n2OCc2ccccc2)CCN(Cc2cccc(=O)n2OCc2ccccc2)CC1. The first kappa shape index (κ1) is 46.7. The highest BCUT2D eigenvalue weighted by atomic mass is 16.7. The minimum absolute atomic E-state index is 0.0759. The molecule has 1 fully saturated rings. The topological polar surface area (TPSA) is 124 Å². The van der Waals surface area contributed by atoms with Crippen LogP contribution in [0, 0.1) is 0 Å². The monoisotopic (exact) mass is 861 g/mol. The average Bonchev–Trinajstić information content (AvgIpc) is 3.25. The van der Waals surface area contributed by atoms with E-state index in [1.807, 2.05) is 107 Å². The lowest BCUT2D eigenvalue weighted by molar-refractivity contribution is -0.161. The van der Waals surface area contributed by atoms with E-state index in [0.717, 1.165) is 22.5 Å². The molecular formula is C49H63N7O7. The fourth-order valence-corrected chi connectivity index (χ4v) is 7.73. The number of esters is 1. The third-order valence-electron chi connectivity index (χ3n) is 11.2. The zero-order valence-electron chi connectivity index (χ0n) is 37.4. The summed E-state index contributed by atoms with van der Waals surface area (Å²) in [6, 6.07) is 34.7. The van der Waals surface area contributed by atoms with Crippen LogP contribution < -0.4 is 26.4 Å². The number of pyridine rings is 3. The van der Waals surface area contributed by atoms with Crippen LogP contribution in [0.2, 0.25) is 0 Å². The summed E-state index contributed by atoms with van der Waals surface area (Å²) in [4.78, 5) is 74.7. The molecule has 5 aromatic rings. The lowest BCUT2D eigenvalue weighted by Crippen LogP contribution is -2.51. The smallest absolute Gasteiger partial charge is 0.323 e. The van der Waals surface area contributed by atoms with Gasteiger partial charge in [-0.2, -0.15) is 0 Å². The molecule has 3 aromatic heterocycles. The van der Waals surface area contributed by atoms with Crippen molar-refractivity contribution in [1.29, 1.82) is 0 Å². The maximum Gasteiger partial charge on any atom is 0.323 e. The van der Waals surface area contributed by atoms with Crippen molar-refractivity contribution in [3.05, 3.63) is 175 Å². The molecule has 1 aliphatic rings. The van der Waals surface area contributed by atoms with Crippen LogP contribution in [0.4, 0.5) is 0 Å². The van der Waals surface area contributed by atoms with E-state index in [0.29, 0.717) is 84.1 Å². The van der Waals surface area contributed by atoms with Gasteiger partial charge in [0.2, 0.25) is 5.56 Å². The highest BCUT2D eigenvalue weighted by molar-refractivity contribution is 5.76. The molecule has 1 saturated heterocycles. The number of hydrogen-bond donors (Lipinski definition) is 0. The predicted octanol–water partition coefficient (Wildman–Crippen LogP) is 4.21. The van der Waals surface area contributed by atoms with Crippen LogP contribution in [-0.2, 0) is 49.4 Å². The molecule has 14 nitrogen and oxygen atoms in total. The number of hydrogen-bond acceptors (Lipinski definition) is 11. The quantitative estimate of drug-likeness (QED) is 0.141. The van der Waals surface area contributed by atoms with Gasteiger partial charge < -0.3 is 19.0 Å². The van der Waals surface area contributed by atoms with Gasteiger partial charge in [0, 0.05) is 103 Å². The summed E-state index contributed by atoms with van der Waals surface area (Å²) >= 11 is 0. The van der Waals surface area contributed by atoms with Gasteiger partial charge in [-0.3, -0.25) is 38.8 Å². The Balaban J connectivity index is 1.32. The number of rotatable bonds is 15.